The number of hydrogen-bond acceptors (Lipinski definition) is 16. The zero-order valence-electron chi connectivity index (χ0n) is 40.7. The highest BCUT2D eigenvalue weighted by atomic mass is 28.6. The Morgan fingerprint density at radius 2 is 0.500 bits per heavy atom. The molecule has 4 heterocycles. The van der Waals surface area contributed by atoms with Crippen LogP contribution in [0.25, 0.3) is 0 Å². The third kappa shape index (κ3) is 9.51. The number of fused-ring (bicyclic) bond motifs is 6. The van der Waals surface area contributed by atoms with Gasteiger partial charge in [-0.3, -0.25) is 0 Å². The van der Waals surface area contributed by atoms with E-state index < -0.39 is 88.5 Å². The molecule has 5 atom stereocenters. The van der Waals surface area contributed by atoms with Gasteiger partial charge in [0.15, 0.2) is 0 Å². The normalized spacial score (nSPS) is 33.3. The molecule has 6 bridgehead atoms. The van der Waals surface area contributed by atoms with Crippen molar-refractivity contribution < 1.29 is 67.9 Å². The van der Waals surface area contributed by atoms with Crippen LogP contribution in [0.3, 0.4) is 0 Å². The Bertz CT molecular complexity index is 3160. The van der Waals surface area contributed by atoms with Crippen molar-refractivity contribution in [2.24, 2.45) is 0 Å². The van der Waals surface area contributed by atoms with Crippen LogP contribution in [-0.2, 0) is 53.5 Å². The van der Waals surface area contributed by atoms with E-state index in [4.69, 9.17) is 53.5 Å². The van der Waals surface area contributed by atoms with Gasteiger partial charge >= 0.3 is 88.5 Å². The fourth-order valence-corrected chi connectivity index (χ4v) is 57.4. The first-order valence-corrected chi connectivity index (χ1v) is 42.2. The van der Waals surface area contributed by atoms with Crippen LogP contribution in [0.4, 0.5) is 0 Å². The zero-order valence-corrected chi connectivity index (χ0v) is 50.7. The summed E-state index contributed by atoms with van der Waals surface area (Å²) in [6.07, 6.45) is 0. The smallest absolute Gasteiger partial charge is 0.410 e. The van der Waals surface area contributed by atoms with Crippen LogP contribution < -0.4 is 41.5 Å². The van der Waals surface area contributed by atoms with E-state index in [9.17, 15) is 14.4 Å². The Hall–Kier alpha value is -4.71. The summed E-state index contributed by atoms with van der Waals surface area (Å²) < 4.78 is 101. The van der Waals surface area contributed by atoms with Gasteiger partial charge in [0.1, 0.15) is 0 Å². The summed E-state index contributed by atoms with van der Waals surface area (Å²) in [5.41, 5.74) is 0. The molecular weight excluding hydrogens is 1140 g/mol. The molecule has 0 spiro atoms. The molecule has 8 aromatic carbocycles. The van der Waals surface area contributed by atoms with Gasteiger partial charge in [-0.1, -0.05) is 243 Å². The van der Waals surface area contributed by atoms with Crippen molar-refractivity contribution in [1.82, 2.24) is 0 Å². The molecule has 16 nitrogen and oxygen atoms in total. The predicted octanol–water partition coefficient (Wildman–Crippen LogP) is 1.69. The Kier molecular flexibility index (Phi) is 13.8. The number of hydrogen-bond donors (Lipinski definition) is 3. The third-order valence-electron chi connectivity index (χ3n) is 12.7. The molecule has 76 heavy (non-hydrogen) atoms. The van der Waals surface area contributed by atoms with Crippen LogP contribution in [0.5, 0.6) is 0 Å². The Morgan fingerprint density at radius 3 is 0.750 bits per heavy atom. The zero-order chi connectivity index (χ0) is 52.2. The number of benzene rings is 8. The quantitative estimate of drug-likeness (QED) is 0.168. The van der Waals surface area contributed by atoms with Gasteiger partial charge in [0, 0.05) is 48.0 Å². The van der Waals surface area contributed by atoms with E-state index in [0.29, 0.717) is 25.9 Å². The van der Waals surface area contributed by atoms with Gasteiger partial charge in [-0.05, 0) is 6.55 Å². The fourth-order valence-electron chi connectivity index (χ4n) is 9.45. The van der Waals surface area contributed by atoms with Crippen molar-refractivity contribution in [2.75, 3.05) is 0 Å². The standard InChI is InChI=1S/C50H49O16Si10/c1-67(51)54-70(44-29-13-4-14-30-44)59-75(49-39-23-9-24-40-49)63-72(46-33-17-6-18-34-46)56-68(2,52)55-71(45-31-15-5-16-32-45)61-73(65-75,47-35-19-7-20-36-47)57-69(53,43-27-11-3-12-28-43)58-74(62-71,48-37-21-8-22-38-48)66-76(60-70,64-72)50-41-25-10-26-42-50/h3-42,51-53H,1-2H3. The molecule has 1 radical (unpaired) electrons. The molecule has 0 amide bonds. The highest BCUT2D eigenvalue weighted by Crippen LogP contribution is 2.44. The van der Waals surface area contributed by atoms with E-state index in [1.807, 2.05) is 42.5 Å². The second-order valence-electron chi connectivity index (χ2n) is 18.1. The molecular formula is C50H49O16Si10. The lowest BCUT2D eigenvalue weighted by atomic mass is 10.4. The molecule has 12 rings (SSSR count). The summed E-state index contributed by atoms with van der Waals surface area (Å²) in [6, 6.07) is 71.1. The molecule has 4 saturated heterocycles. The molecule has 4 aliphatic heterocycles. The Balaban J connectivity index is 1.35. The van der Waals surface area contributed by atoms with Gasteiger partial charge in [0.2, 0.25) is 0 Å². The Labute approximate surface area is 450 Å². The van der Waals surface area contributed by atoms with Crippen LogP contribution >= 0.6 is 0 Å². The first kappa shape index (κ1) is 52.0. The summed E-state index contributed by atoms with van der Waals surface area (Å²) in [5, 5.41) is 2.40. The summed E-state index contributed by atoms with van der Waals surface area (Å²) >= 11 is 0. The maximum atomic E-state index is 14.3. The molecule has 3 N–H and O–H groups in total. The van der Waals surface area contributed by atoms with Crippen molar-refractivity contribution in [2.45, 2.75) is 13.1 Å². The van der Waals surface area contributed by atoms with E-state index in [1.165, 1.54) is 6.55 Å². The molecule has 26 heteroatoms. The topological polar surface area (TPSA) is 181 Å². The summed E-state index contributed by atoms with van der Waals surface area (Å²) in [6.45, 7) is 2.99. The molecule has 8 aromatic rings. The minimum Gasteiger partial charge on any atom is -0.410 e. The molecule has 385 valence electrons. The lowest BCUT2D eigenvalue weighted by Gasteiger charge is -2.58. The fraction of sp³-hybridized carbons (Fsp3) is 0.0400. The third-order valence-corrected chi connectivity index (χ3v) is 50.0. The average molecular weight is 1190 g/mol. The molecule has 4 aliphatic rings. The maximum Gasteiger partial charge on any atom is 0.520 e. The summed E-state index contributed by atoms with van der Waals surface area (Å²) in [7, 11) is -49.8. The van der Waals surface area contributed by atoms with Gasteiger partial charge in [0.05, 0.1) is 0 Å². The van der Waals surface area contributed by atoms with Crippen LogP contribution in [0.15, 0.2) is 243 Å². The first-order chi connectivity index (χ1) is 36.7. The average Bonchev–Trinajstić information content (AvgIpc) is 3.63. The predicted molar refractivity (Wildman–Crippen MR) is 299 cm³/mol. The van der Waals surface area contributed by atoms with Crippen LogP contribution in [0, 0.1) is 0 Å². The van der Waals surface area contributed by atoms with E-state index in [-0.39, 0.29) is 15.6 Å². The second-order valence-corrected chi connectivity index (χ2v) is 45.2. The summed E-state index contributed by atoms with van der Waals surface area (Å²) in [5.74, 6) is 0. The van der Waals surface area contributed by atoms with Crippen molar-refractivity contribution in [3.05, 3.63) is 243 Å². The minimum absolute atomic E-state index is 0.223. The van der Waals surface area contributed by atoms with E-state index in [2.05, 4.69) is 0 Å². The summed E-state index contributed by atoms with van der Waals surface area (Å²) in [4.78, 5) is 39.9. The first-order valence-electron chi connectivity index (χ1n) is 24.3. The second kappa shape index (κ2) is 20.2. The van der Waals surface area contributed by atoms with E-state index >= 15 is 0 Å². The van der Waals surface area contributed by atoms with Crippen molar-refractivity contribution in [1.29, 1.82) is 0 Å². The van der Waals surface area contributed by atoms with Crippen molar-refractivity contribution in [3.8, 4) is 0 Å². The number of rotatable bonds is 10. The highest BCUT2D eigenvalue weighted by Gasteiger charge is 2.82. The highest BCUT2D eigenvalue weighted by molar-refractivity contribution is 7.11. The maximum absolute atomic E-state index is 14.3. The molecule has 0 aliphatic carbocycles. The van der Waals surface area contributed by atoms with Gasteiger partial charge in [-0.2, -0.15) is 0 Å². The van der Waals surface area contributed by atoms with Crippen molar-refractivity contribution >= 4 is 130 Å². The lowest BCUT2D eigenvalue weighted by molar-refractivity contribution is 0.0267. The molecule has 0 aromatic heterocycles. The minimum atomic E-state index is -5.34. The van der Waals surface area contributed by atoms with Gasteiger partial charge in [-0.15, -0.1) is 0 Å². The molecule has 4 fully saturated rings. The molecule has 5 unspecified atom stereocenters. The van der Waals surface area contributed by atoms with Gasteiger partial charge in [0.25, 0.3) is 0 Å². The van der Waals surface area contributed by atoms with Crippen LogP contribution in [-0.4, -0.2) is 103 Å². The van der Waals surface area contributed by atoms with Crippen LogP contribution in [0.2, 0.25) is 13.1 Å². The van der Waals surface area contributed by atoms with E-state index in [0.717, 1.165) is 0 Å². The van der Waals surface area contributed by atoms with Crippen molar-refractivity contribution in [3.63, 3.8) is 0 Å². The molecule has 0 saturated carbocycles. The van der Waals surface area contributed by atoms with Crippen LogP contribution in [0.1, 0.15) is 0 Å². The van der Waals surface area contributed by atoms with Gasteiger partial charge in [-0.25, -0.2) is 0 Å². The SMILES string of the molecule is C[Si](O)O[Si]1(c2ccccc2)O[Si]2(c3ccccc3)O[Si]3(c4ccccc4)O[Si](C)(O)O[Si]4(c5ccccc5)O[Si](c5ccccc5)(O[Si](O)(c5ccccc5)O[Si](c5ccccc5)(O4)O[Si](c4ccccc4)(O1)O3)O2. The lowest BCUT2D eigenvalue weighted by Crippen LogP contribution is -2.92. The van der Waals surface area contributed by atoms with Gasteiger partial charge < -0.3 is 67.9 Å². The monoisotopic (exact) mass is 1190 g/mol. The Morgan fingerprint density at radius 1 is 0.289 bits per heavy atom. The van der Waals surface area contributed by atoms with E-state index in [1.54, 1.807) is 207 Å². The largest absolute Gasteiger partial charge is 0.520 e.